The number of nitrogens with zero attached hydrogens (tertiary/aromatic N) is 3. The maximum atomic E-state index is 12.6. The summed E-state index contributed by atoms with van der Waals surface area (Å²) in [7, 11) is 0. The number of anilines is 2. The molecule has 2 N–H and O–H groups in total. The number of carbonyl (C=O) groups is 1. The first kappa shape index (κ1) is 18.3. The van der Waals surface area contributed by atoms with Crippen LogP contribution in [0.2, 0.25) is 0 Å². The Hall–Kier alpha value is -3.49. The van der Waals surface area contributed by atoms with Gasteiger partial charge in [-0.3, -0.25) is 9.78 Å². The number of halogens is 3. The van der Waals surface area contributed by atoms with Crippen LogP contribution in [0.25, 0.3) is 0 Å². The lowest BCUT2D eigenvalue weighted by Gasteiger charge is -2.09. The lowest BCUT2D eigenvalue weighted by Crippen LogP contribution is -2.24. The maximum absolute atomic E-state index is 12.6. The van der Waals surface area contributed by atoms with Crippen LogP contribution in [0.3, 0.4) is 0 Å². The van der Waals surface area contributed by atoms with Gasteiger partial charge in [0.15, 0.2) is 0 Å². The van der Waals surface area contributed by atoms with E-state index in [9.17, 15) is 18.0 Å². The molecule has 3 aromatic rings. The van der Waals surface area contributed by atoms with Crippen molar-refractivity contribution in [2.75, 3.05) is 5.32 Å². The van der Waals surface area contributed by atoms with Gasteiger partial charge >= 0.3 is 6.18 Å². The molecule has 0 radical (unpaired) electrons. The number of alkyl halides is 3. The third-order valence-electron chi connectivity index (χ3n) is 3.53. The van der Waals surface area contributed by atoms with Gasteiger partial charge in [-0.1, -0.05) is 6.07 Å². The van der Waals surface area contributed by atoms with Crippen molar-refractivity contribution in [2.24, 2.45) is 0 Å². The van der Waals surface area contributed by atoms with Crippen LogP contribution in [-0.4, -0.2) is 20.9 Å². The molecule has 0 saturated carbocycles. The Labute approximate surface area is 152 Å². The van der Waals surface area contributed by atoms with Crippen molar-refractivity contribution < 1.29 is 18.0 Å². The predicted molar refractivity (Wildman–Crippen MR) is 92.2 cm³/mol. The summed E-state index contributed by atoms with van der Waals surface area (Å²) in [4.78, 5) is 24.2. The van der Waals surface area contributed by atoms with Crippen LogP contribution in [0.15, 0.2) is 61.1 Å². The van der Waals surface area contributed by atoms with Crippen LogP contribution in [0.4, 0.5) is 24.8 Å². The number of pyridine rings is 1. The zero-order valence-corrected chi connectivity index (χ0v) is 13.9. The molecule has 0 saturated heterocycles. The number of benzene rings is 1. The Balaban J connectivity index is 1.65. The normalized spacial score (nSPS) is 11.1. The highest BCUT2D eigenvalue weighted by Gasteiger charge is 2.29. The van der Waals surface area contributed by atoms with Crippen molar-refractivity contribution in [1.29, 1.82) is 0 Å². The fourth-order valence-electron chi connectivity index (χ4n) is 2.19. The van der Waals surface area contributed by atoms with Gasteiger partial charge in [0.25, 0.3) is 5.91 Å². The highest BCUT2D eigenvalue weighted by atomic mass is 19.4. The van der Waals surface area contributed by atoms with Crippen LogP contribution in [-0.2, 0) is 12.7 Å². The lowest BCUT2D eigenvalue weighted by atomic mass is 10.2. The molecule has 9 heteroatoms. The molecule has 0 atom stereocenters. The molecule has 6 nitrogen and oxygen atoms in total. The number of carbonyl (C=O) groups excluding carboxylic acids is 1. The third kappa shape index (κ3) is 5.00. The number of hydrogen-bond donors (Lipinski definition) is 2. The molecular formula is C18H14F3N5O. The summed E-state index contributed by atoms with van der Waals surface area (Å²) < 4.78 is 37.8. The van der Waals surface area contributed by atoms with E-state index in [-0.39, 0.29) is 11.6 Å². The number of rotatable bonds is 5. The van der Waals surface area contributed by atoms with Crippen molar-refractivity contribution >= 4 is 17.5 Å². The molecule has 0 aliphatic rings. The topological polar surface area (TPSA) is 79.8 Å². The minimum Gasteiger partial charge on any atom is -0.347 e. The van der Waals surface area contributed by atoms with Crippen molar-refractivity contribution in [3.8, 4) is 0 Å². The second-order valence-electron chi connectivity index (χ2n) is 5.51. The van der Waals surface area contributed by atoms with E-state index < -0.39 is 17.6 Å². The number of hydrogen-bond acceptors (Lipinski definition) is 5. The van der Waals surface area contributed by atoms with Gasteiger partial charge in [0.2, 0.25) is 5.95 Å². The molecule has 0 aliphatic heterocycles. The average molecular weight is 373 g/mol. The minimum atomic E-state index is -4.40. The molecule has 2 aromatic heterocycles. The van der Waals surface area contributed by atoms with E-state index in [0.717, 1.165) is 17.7 Å². The van der Waals surface area contributed by atoms with Crippen LogP contribution < -0.4 is 10.6 Å². The Morgan fingerprint density at radius 1 is 1.04 bits per heavy atom. The molecule has 0 bridgehead atoms. The zero-order chi connectivity index (χ0) is 19.3. The fourth-order valence-corrected chi connectivity index (χ4v) is 2.19. The van der Waals surface area contributed by atoms with Crippen molar-refractivity contribution in [3.63, 3.8) is 0 Å². The molecule has 0 unspecified atom stereocenters. The second kappa shape index (κ2) is 7.81. The Morgan fingerprint density at radius 3 is 2.48 bits per heavy atom. The van der Waals surface area contributed by atoms with E-state index in [4.69, 9.17) is 0 Å². The molecule has 0 spiro atoms. The number of nitrogens with one attached hydrogen (secondary N) is 2. The summed E-state index contributed by atoms with van der Waals surface area (Å²) >= 11 is 0. The highest BCUT2D eigenvalue weighted by molar-refractivity contribution is 5.92. The monoisotopic (exact) mass is 373 g/mol. The van der Waals surface area contributed by atoms with Crippen molar-refractivity contribution in [2.45, 2.75) is 12.7 Å². The fraction of sp³-hybridized carbons (Fsp3) is 0.111. The summed E-state index contributed by atoms with van der Waals surface area (Å²) in [5.74, 6) is -0.305. The predicted octanol–water partition coefficient (Wildman–Crippen LogP) is 3.56. The van der Waals surface area contributed by atoms with Gasteiger partial charge in [0.1, 0.15) is 5.69 Å². The molecule has 1 aromatic carbocycles. The van der Waals surface area contributed by atoms with Crippen molar-refractivity contribution in [1.82, 2.24) is 20.3 Å². The van der Waals surface area contributed by atoms with Gasteiger partial charge in [0, 0.05) is 30.8 Å². The summed E-state index contributed by atoms with van der Waals surface area (Å²) in [6.45, 7) is 0.290. The smallest absolute Gasteiger partial charge is 0.347 e. The van der Waals surface area contributed by atoms with Gasteiger partial charge in [-0.2, -0.15) is 13.2 Å². The Bertz CT molecular complexity index is 914. The van der Waals surface area contributed by atoms with Crippen LogP contribution >= 0.6 is 0 Å². The molecule has 27 heavy (non-hydrogen) atoms. The van der Waals surface area contributed by atoms with E-state index in [1.54, 1.807) is 18.5 Å². The first-order chi connectivity index (χ1) is 12.9. The van der Waals surface area contributed by atoms with Gasteiger partial charge < -0.3 is 10.6 Å². The first-order valence-corrected chi connectivity index (χ1v) is 7.86. The molecule has 2 heterocycles. The van der Waals surface area contributed by atoms with E-state index in [2.05, 4.69) is 25.6 Å². The second-order valence-corrected chi connectivity index (χ2v) is 5.51. The molecule has 138 valence electrons. The Kier molecular flexibility index (Phi) is 5.30. The summed E-state index contributed by atoms with van der Waals surface area (Å²) in [6.07, 6.45) is 0.256. The van der Waals surface area contributed by atoms with Gasteiger partial charge in [-0.25, -0.2) is 9.97 Å². The average Bonchev–Trinajstić information content (AvgIpc) is 2.67. The largest absolute Gasteiger partial charge is 0.416 e. The minimum absolute atomic E-state index is 0.101. The van der Waals surface area contributed by atoms with E-state index >= 15 is 0 Å². The zero-order valence-electron chi connectivity index (χ0n) is 13.9. The van der Waals surface area contributed by atoms with Crippen LogP contribution in [0, 0.1) is 0 Å². The van der Waals surface area contributed by atoms with Gasteiger partial charge in [0.05, 0.1) is 5.56 Å². The van der Waals surface area contributed by atoms with E-state index in [0.29, 0.717) is 12.2 Å². The highest BCUT2D eigenvalue weighted by Crippen LogP contribution is 2.30. The van der Waals surface area contributed by atoms with Crippen molar-refractivity contribution in [3.05, 3.63) is 77.9 Å². The van der Waals surface area contributed by atoms with Crippen LogP contribution in [0.5, 0.6) is 0 Å². The van der Waals surface area contributed by atoms with Crippen LogP contribution in [0.1, 0.15) is 21.6 Å². The summed E-state index contributed by atoms with van der Waals surface area (Å²) in [6, 6.07) is 9.46. The lowest BCUT2D eigenvalue weighted by molar-refractivity contribution is -0.137. The third-order valence-corrected chi connectivity index (χ3v) is 3.53. The van der Waals surface area contributed by atoms with E-state index in [1.165, 1.54) is 24.4 Å². The molecule has 0 aliphatic carbocycles. The number of amides is 1. The first-order valence-electron chi connectivity index (χ1n) is 7.86. The molecular weight excluding hydrogens is 359 g/mol. The standard InChI is InChI=1S/C18H14F3N5O/c19-18(20,21)13-3-5-14(6-4-13)25-17-23-9-7-15(26-17)16(27)24-11-12-2-1-8-22-10-12/h1-10H,11H2,(H,24,27)(H,23,25,26). The number of aromatic nitrogens is 3. The molecule has 3 rings (SSSR count). The molecule has 0 fully saturated rings. The quantitative estimate of drug-likeness (QED) is 0.715. The SMILES string of the molecule is O=C(NCc1cccnc1)c1ccnc(Nc2ccc(C(F)(F)F)cc2)n1. The summed E-state index contributed by atoms with van der Waals surface area (Å²) in [5, 5.41) is 5.48. The van der Waals surface area contributed by atoms with Gasteiger partial charge in [-0.05, 0) is 42.0 Å². The Morgan fingerprint density at radius 2 is 1.81 bits per heavy atom. The molecule has 1 amide bonds. The maximum Gasteiger partial charge on any atom is 0.416 e. The van der Waals surface area contributed by atoms with E-state index in [1.807, 2.05) is 6.07 Å². The summed E-state index contributed by atoms with van der Waals surface area (Å²) in [5.41, 5.74) is 0.583. The van der Waals surface area contributed by atoms with Gasteiger partial charge in [-0.15, -0.1) is 0 Å².